The van der Waals surface area contributed by atoms with Crippen molar-refractivity contribution in [1.29, 1.82) is 0 Å². The normalized spacial score (nSPS) is 19.2. The molecule has 3 heteroatoms. The Balaban J connectivity index is 1.89. The molecule has 0 aliphatic carbocycles. The van der Waals surface area contributed by atoms with Gasteiger partial charge in [0.15, 0.2) is 0 Å². The first-order valence-electron chi connectivity index (χ1n) is 4.62. The second-order valence-electron chi connectivity index (χ2n) is 3.30. The Morgan fingerprint density at radius 2 is 2.23 bits per heavy atom. The molecule has 1 aromatic heterocycles. The Kier molecular flexibility index (Phi) is 2.66. The van der Waals surface area contributed by atoms with Crippen LogP contribution in [-0.2, 0) is 11.3 Å². The number of hydrogen-bond acceptors (Lipinski definition) is 3. The van der Waals surface area contributed by atoms with Crippen LogP contribution < -0.4 is 0 Å². The fourth-order valence-corrected chi connectivity index (χ4v) is 1.50. The summed E-state index contributed by atoms with van der Waals surface area (Å²) in [6.07, 6.45) is 0. The first-order chi connectivity index (χ1) is 6.34. The van der Waals surface area contributed by atoms with Gasteiger partial charge in [-0.3, -0.25) is 4.90 Å². The second-order valence-corrected chi connectivity index (χ2v) is 3.30. The van der Waals surface area contributed by atoms with Crippen LogP contribution in [0.5, 0.6) is 0 Å². The number of aryl methyl sites for hydroxylation is 1. The summed E-state index contributed by atoms with van der Waals surface area (Å²) >= 11 is 0. The summed E-state index contributed by atoms with van der Waals surface area (Å²) in [7, 11) is 0. The van der Waals surface area contributed by atoms with Crippen LogP contribution in [0.25, 0.3) is 0 Å². The Hall–Kier alpha value is -0.800. The van der Waals surface area contributed by atoms with Crippen molar-refractivity contribution in [3.8, 4) is 0 Å². The van der Waals surface area contributed by atoms with Gasteiger partial charge >= 0.3 is 0 Å². The third kappa shape index (κ3) is 2.32. The lowest BCUT2D eigenvalue weighted by molar-refractivity contribution is 0.0312. The highest BCUT2D eigenvalue weighted by molar-refractivity contribution is 5.03. The molecule has 2 heterocycles. The molecule has 71 valence electrons. The molecule has 0 spiro atoms. The van der Waals surface area contributed by atoms with Gasteiger partial charge in [0.1, 0.15) is 11.5 Å². The number of ether oxygens (including phenoxy) is 1. The predicted molar refractivity (Wildman–Crippen MR) is 48.4 cm³/mol. The van der Waals surface area contributed by atoms with Gasteiger partial charge in [0, 0.05) is 19.2 Å². The molecule has 0 atom stereocenters. The van der Waals surface area contributed by atoms with Crippen molar-refractivity contribution in [2.45, 2.75) is 13.5 Å². The number of rotatable bonds is 2. The largest absolute Gasteiger partial charge is 0.464 e. The SMILES string of the molecule is Cc1[c]cc(CN2CCOCC2)o1. The van der Waals surface area contributed by atoms with E-state index in [2.05, 4.69) is 11.0 Å². The minimum atomic E-state index is 0.837. The number of nitrogens with zero attached hydrogens (tertiary/aromatic N) is 1. The fraction of sp³-hybridized carbons (Fsp3) is 0.600. The Labute approximate surface area is 78.3 Å². The quantitative estimate of drug-likeness (QED) is 0.684. The zero-order chi connectivity index (χ0) is 9.10. The highest BCUT2D eigenvalue weighted by Crippen LogP contribution is 2.09. The molecule has 1 fully saturated rings. The van der Waals surface area contributed by atoms with Crippen LogP contribution in [0.3, 0.4) is 0 Å². The zero-order valence-electron chi connectivity index (χ0n) is 7.88. The van der Waals surface area contributed by atoms with Crippen LogP contribution in [0, 0.1) is 13.0 Å². The summed E-state index contributed by atoms with van der Waals surface area (Å²) in [5, 5.41) is 0. The molecule has 0 aromatic carbocycles. The minimum Gasteiger partial charge on any atom is -0.464 e. The third-order valence-corrected chi connectivity index (χ3v) is 2.20. The number of furan rings is 1. The Morgan fingerprint density at radius 1 is 1.46 bits per heavy atom. The second kappa shape index (κ2) is 3.94. The van der Waals surface area contributed by atoms with Gasteiger partial charge in [-0.25, -0.2) is 0 Å². The average Bonchev–Trinajstić information content (AvgIpc) is 2.53. The highest BCUT2D eigenvalue weighted by atomic mass is 16.5. The molecule has 2 rings (SSSR count). The van der Waals surface area contributed by atoms with Crippen LogP contribution in [0.15, 0.2) is 10.5 Å². The van der Waals surface area contributed by atoms with Gasteiger partial charge in [0.25, 0.3) is 0 Å². The smallest absolute Gasteiger partial charge is 0.118 e. The lowest BCUT2D eigenvalue weighted by atomic mass is 10.3. The van der Waals surface area contributed by atoms with E-state index in [1.807, 2.05) is 13.0 Å². The van der Waals surface area contributed by atoms with E-state index in [1.165, 1.54) is 0 Å². The van der Waals surface area contributed by atoms with Crippen LogP contribution in [0.1, 0.15) is 11.5 Å². The lowest BCUT2D eigenvalue weighted by Gasteiger charge is -2.25. The maximum atomic E-state index is 5.45. The van der Waals surface area contributed by atoms with Crippen molar-refractivity contribution in [3.05, 3.63) is 23.7 Å². The molecule has 0 unspecified atom stereocenters. The first-order valence-corrected chi connectivity index (χ1v) is 4.62. The van der Waals surface area contributed by atoms with Crippen LogP contribution in [0.2, 0.25) is 0 Å². The van der Waals surface area contributed by atoms with E-state index in [4.69, 9.17) is 9.15 Å². The Morgan fingerprint density at radius 3 is 2.85 bits per heavy atom. The van der Waals surface area contributed by atoms with E-state index in [1.54, 1.807) is 0 Å². The predicted octanol–water partition coefficient (Wildman–Crippen LogP) is 1.22. The highest BCUT2D eigenvalue weighted by Gasteiger charge is 2.11. The van der Waals surface area contributed by atoms with Gasteiger partial charge in [-0.05, 0) is 13.0 Å². The van der Waals surface area contributed by atoms with Gasteiger partial charge in [0.05, 0.1) is 19.8 Å². The Bertz CT molecular complexity index is 264. The van der Waals surface area contributed by atoms with E-state index < -0.39 is 0 Å². The molecule has 1 aromatic rings. The topological polar surface area (TPSA) is 25.6 Å². The first kappa shape index (κ1) is 8.78. The summed E-state index contributed by atoms with van der Waals surface area (Å²) in [4.78, 5) is 2.33. The fourth-order valence-electron chi connectivity index (χ4n) is 1.50. The molecule has 1 saturated heterocycles. The van der Waals surface area contributed by atoms with Crippen LogP contribution in [0.4, 0.5) is 0 Å². The zero-order valence-corrected chi connectivity index (χ0v) is 7.88. The lowest BCUT2D eigenvalue weighted by Crippen LogP contribution is -2.35. The van der Waals surface area contributed by atoms with Gasteiger partial charge in [-0.2, -0.15) is 0 Å². The summed E-state index contributed by atoms with van der Waals surface area (Å²) in [5.74, 6) is 1.86. The summed E-state index contributed by atoms with van der Waals surface area (Å²) in [5.41, 5.74) is 0. The standard InChI is InChI=1S/C10H14NO2/c1-9-2-3-10(13-9)8-11-4-6-12-7-5-11/h3H,4-8H2,1H3. The maximum Gasteiger partial charge on any atom is 0.118 e. The summed E-state index contributed by atoms with van der Waals surface area (Å²) in [6.45, 7) is 6.48. The van der Waals surface area contributed by atoms with Crippen molar-refractivity contribution < 1.29 is 9.15 Å². The monoisotopic (exact) mass is 180 g/mol. The molecule has 1 aliphatic rings. The third-order valence-electron chi connectivity index (χ3n) is 2.20. The van der Waals surface area contributed by atoms with Gasteiger partial charge in [0.2, 0.25) is 0 Å². The molecule has 0 N–H and O–H groups in total. The van der Waals surface area contributed by atoms with Crippen molar-refractivity contribution in [3.63, 3.8) is 0 Å². The van der Waals surface area contributed by atoms with E-state index in [9.17, 15) is 0 Å². The average molecular weight is 180 g/mol. The van der Waals surface area contributed by atoms with Gasteiger partial charge in [-0.1, -0.05) is 0 Å². The summed E-state index contributed by atoms with van der Waals surface area (Å²) in [6, 6.07) is 4.96. The minimum absolute atomic E-state index is 0.837. The molecule has 3 nitrogen and oxygen atoms in total. The van der Waals surface area contributed by atoms with E-state index in [0.717, 1.165) is 44.4 Å². The van der Waals surface area contributed by atoms with Crippen molar-refractivity contribution >= 4 is 0 Å². The van der Waals surface area contributed by atoms with E-state index >= 15 is 0 Å². The molecular formula is C10H14NO2. The number of hydrogen-bond donors (Lipinski definition) is 0. The molecule has 0 amide bonds. The summed E-state index contributed by atoms with van der Waals surface area (Å²) < 4.78 is 10.7. The molecular weight excluding hydrogens is 166 g/mol. The van der Waals surface area contributed by atoms with Crippen LogP contribution >= 0.6 is 0 Å². The van der Waals surface area contributed by atoms with Crippen molar-refractivity contribution in [2.24, 2.45) is 0 Å². The van der Waals surface area contributed by atoms with Gasteiger partial charge in [-0.15, -0.1) is 0 Å². The van der Waals surface area contributed by atoms with E-state index in [0.29, 0.717) is 0 Å². The maximum absolute atomic E-state index is 5.45. The molecule has 1 radical (unpaired) electrons. The van der Waals surface area contributed by atoms with Gasteiger partial charge < -0.3 is 9.15 Å². The van der Waals surface area contributed by atoms with E-state index in [-0.39, 0.29) is 0 Å². The molecule has 0 saturated carbocycles. The number of morpholine rings is 1. The van der Waals surface area contributed by atoms with Crippen molar-refractivity contribution in [1.82, 2.24) is 4.90 Å². The van der Waals surface area contributed by atoms with Crippen molar-refractivity contribution in [2.75, 3.05) is 26.3 Å². The van der Waals surface area contributed by atoms with Crippen LogP contribution in [-0.4, -0.2) is 31.2 Å². The molecule has 13 heavy (non-hydrogen) atoms. The molecule has 0 bridgehead atoms. The molecule has 1 aliphatic heterocycles.